The van der Waals surface area contributed by atoms with Crippen LogP contribution >= 0.6 is 0 Å². The second kappa shape index (κ2) is 6.12. The third kappa shape index (κ3) is 3.79. The van der Waals surface area contributed by atoms with E-state index in [2.05, 4.69) is 4.74 Å². The fraction of sp³-hybridized carbons (Fsp3) is 0.650. The Morgan fingerprint density at radius 1 is 1.19 bits per heavy atom. The van der Waals surface area contributed by atoms with Crippen molar-refractivity contribution in [1.29, 1.82) is 0 Å². The Labute approximate surface area is 156 Å². The lowest BCUT2D eigenvalue weighted by molar-refractivity contribution is -0.274. The van der Waals surface area contributed by atoms with E-state index < -0.39 is 12.0 Å². The number of amides is 1. The minimum atomic E-state index is -4.67. The Kier molecular flexibility index (Phi) is 4.22. The second-order valence-electron chi connectivity index (χ2n) is 8.85. The average Bonchev–Trinajstić information content (AvgIpc) is 2.95. The zero-order valence-corrected chi connectivity index (χ0v) is 15.3. The van der Waals surface area contributed by atoms with Gasteiger partial charge in [-0.15, -0.1) is 13.2 Å². The molecule has 1 spiro atoms. The highest BCUT2D eigenvalue weighted by molar-refractivity contribution is 5.81. The fourth-order valence-electron chi connectivity index (χ4n) is 5.07. The predicted molar refractivity (Wildman–Crippen MR) is 92.1 cm³/mol. The van der Waals surface area contributed by atoms with Crippen LogP contribution < -0.4 is 4.74 Å². The van der Waals surface area contributed by atoms with Gasteiger partial charge >= 0.3 is 6.36 Å². The molecule has 4 nitrogen and oxygen atoms in total. The van der Waals surface area contributed by atoms with Crippen molar-refractivity contribution in [2.75, 3.05) is 13.1 Å². The summed E-state index contributed by atoms with van der Waals surface area (Å²) < 4.78 is 40.7. The maximum atomic E-state index is 12.4. The quantitative estimate of drug-likeness (QED) is 0.863. The van der Waals surface area contributed by atoms with Crippen molar-refractivity contribution in [3.63, 3.8) is 0 Å². The van der Waals surface area contributed by atoms with Crippen LogP contribution in [0.2, 0.25) is 0 Å². The number of hydrogen-bond donors (Lipinski definition) is 1. The molecule has 3 fully saturated rings. The van der Waals surface area contributed by atoms with Crippen LogP contribution in [0.5, 0.6) is 5.75 Å². The molecule has 1 aromatic rings. The highest BCUT2D eigenvalue weighted by atomic mass is 19.4. The van der Waals surface area contributed by atoms with Crippen molar-refractivity contribution in [3.8, 4) is 5.75 Å². The van der Waals surface area contributed by atoms with Crippen LogP contribution in [0.25, 0.3) is 0 Å². The van der Waals surface area contributed by atoms with Gasteiger partial charge in [-0.05, 0) is 62.6 Å². The maximum Gasteiger partial charge on any atom is 0.573 e. The molecule has 1 heterocycles. The molecule has 4 rings (SSSR count). The number of halogens is 3. The van der Waals surface area contributed by atoms with Crippen LogP contribution in [0.4, 0.5) is 13.2 Å². The third-order valence-corrected chi connectivity index (χ3v) is 6.37. The Hall–Kier alpha value is -1.76. The molecule has 27 heavy (non-hydrogen) atoms. The van der Waals surface area contributed by atoms with Crippen molar-refractivity contribution in [1.82, 2.24) is 4.90 Å². The first kappa shape index (κ1) is 18.6. The van der Waals surface area contributed by atoms with Gasteiger partial charge in [0.1, 0.15) is 5.75 Å². The van der Waals surface area contributed by atoms with Gasteiger partial charge in [-0.1, -0.05) is 12.1 Å². The summed E-state index contributed by atoms with van der Waals surface area (Å²) in [5.74, 6) is 0.224. The minimum absolute atomic E-state index is 0.0456. The van der Waals surface area contributed by atoms with Crippen LogP contribution in [0.15, 0.2) is 24.3 Å². The topological polar surface area (TPSA) is 49.8 Å². The Morgan fingerprint density at radius 2 is 1.81 bits per heavy atom. The summed E-state index contributed by atoms with van der Waals surface area (Å²) in [5, 5.41) is 9.81. The second-order valence-corrected chi connectivity index (χ2v) is 8.85. The van der Waals surface area contributed by atoms with E-state index in [1.54, 1.807) is 19.1 Å². The Balaban J connectivity index is 1.30. The summed E-state index contributed by atoms with van der Waals surface area (Å²) in [6.45, 7) is 3.29. The number of carbonyl (C=O) groups excluding carboxylic acids is 1. The number of rotatable bonds is 3. The lowest BCUT2D eigenvalue weighted by Gasteiger charge is -2.52. The smallest absolute Gasteiger partial charge is 0.406 e. The van der Waals surface area contributed by atoms with E-state index in [4.69, 9.17) is 0 Å². The van der Waals surface area contributed by atoms with Crippen molar-refractivity contribution in [3.05, 3.63) is 29.8 Å². The number of hydrogen-bond acceptors (Lipinski definition) is 3. The maximum absolute atomic E-state index is 12.4. The first-order valence-corrected chi connectivity index (χ1v) is 9.41. The van der Waals surface area contributed by atoms with Gasteiger partial charge in [0, 0.05) is 24.4 Å². The zero-order chi connectivity index (χ0) is 19.4. The summed E-state index contributed by atoms with van der Waals surface area (Å²) in [4.78, 5) is 14.4. The molecule has 148 valence electrons. The first-order valence-electron chi connectivity index (χ1n) is 9.41. The number of nitrogens with zero attached hydrogens (tertiary/aromatic N) is 1. The lowest BCUT2D eigenvalue weighted by atomic mass is 9.69. The van der Waals surface area contributed by atoms with Gasteiger partial charge in [0.15, 0.2) is 0 Å². The van der Waals surface area contributed by atoms with Crippen molar-refractivity contribution >= 4 is 5.91 Å². The summed E-state index contributed by atoms with van der Waals surface area (Å²) in [7, 11) is 0. The van der Waals surface area contributed by atoms with Crippen molar-refractivity contribution in [2.24, 2.45) is 11.3 Å². The summed E-state index contributed by atoms with van der Waals surface area (Å²) in [6.07, 6.45) is -0.605. The van der Waals surface area contributed by atoms with Crippen LogP contribution in [0.1, 0.15) is 50.5 Å². The van der Waals surface area contributed by atoms with Crippen molar-refractivity contribution < 1.29 is 27.8 Å². The SMILES string of the molecule is CC1(O)CC(C(=O)N2CC3(CC[C@H](c4ccc(OC(F)(F)F)cc4)C3)C2)C1. The number of ether oxygens (including phenoxy) is 1. The number of carbonyl (C=O) groups is 1. The van der Waals surface area contributed by atoms with Crippen LogP contribution in [0.3, 0.4) is 0 Å². The summed E-state index contributed by atoms with van der Waals surface area (Å²) in [5.41, 5.74) is 0.484. The molecule has 0 unspecified atom stereocenters. The van der Waals surface area contributed by atoms with E-state index in [-0.39, 0.29) is 23.0 Å². The Bertz CT molecular complexity index is 715. The molecule has 0 bridgehead atoms. The lowest BCUT2D eigenvalue weighted by Crippen LogP contribution is -2.61. The fourth-order valence-corrected chi connectivity index (χ4v) is 5.07. The van der Waals surface area contributed by atoms with Gasteiger partial charge in [0.2, 0.25) is 5.91 Å². The van der Waals surface area contributed by atoms with Gasteiger partial charge < -0.3 is 14.7 Å². The Morgan fingerprint density at radius 3 is 2.37 bits per heavy atom. The largest absolute Gasteiger partial charge is 0.573 e. The van der Waals surface area contributed by atoms with Crippen LogP contribution in [-0.4, -0.2) is 41.0 Å². The minimum Gasteiger partial charge on any atom is -0.406 e. The zero-order valence-electron chi connectivity index (χ0n) is 15.3. The van der Waals surface area contributed by atoms with Gasteiger partial charge in [-0.2, -0.15) is 0 Å². The van der Waals surface area contributed by atoms with Gasteiger partial charge in [-0.3, -0.25) is 4.79 Å². The number of aliphatic hydroxyl groups is 1. The van der Waals surface area contributed by atoms with E-state index >= 15 is 0 Å². The molecule has 0 radical (unpaired) electrons. The van der Waals surface area contributed by atoms with Gasteiger partial charge in [-0.25, -0.2) is 0 Å². The highest BCUT2D eigenvalue weighted by Crippen LogP contribution is 2.53. The number of likely N-dealkylation sites (tertiary alicyclic amines) is 1. The van der Waals surface area contributed by atoms with Crippen LogP contribution in [-0.2, 0) is 4.79 Å². The van der Waals surface area contributed by atoms with E-state index in [9.17, 15) is 23.1 Å². The van der Waals surface area contributed by atoms with E-state index in [0.717, 1.165) is 37.9 Å². The standard InChI is InChI=1S/C20H24F3NO3/c1-18(26)8-15(9-18)17(25)24-11-19(12-24)7-6-14(10-19)13-2-4-16(5-3-13)27-20(21,22)23/h2-5,14-15,26H,6-12H2,1H3/t14-,15?,18?/m0/s1. The summed E-state index contributed by atoms with van der Waals surface area (Å²) >= 11 is 0. The number of benzene rings is 1. The first-order chi connectivity index (χ1) is 12.5. The van der Waals surface area contributed by atoms with E-state index in [0.29, 0.717) is 18.8 Å². The normalized spacial score (nSPS) is 32.1. The molecule has 3 aliphatic rings. The molecular weight excluding hydrogens is 359 g/mol. The average molecular weight is 383 g/mol. The molecule has 1 N–H and O–H groups in total. The van der Waals surface area contributed by atoms with Gasteiger partial charge in [0.25, 0.3) is 0 Å². The third-order valence-electron chi connectivity index (χ3n) is 6.37. The van der Waals surface area contributed by atoms with Crippen LogP contribution in [0, 0.1) is 11.3 Å². The predicted octanol–water partition coefficient (Wildman–Crippen LogP) is 3.84. The highest BCUT2D eigenvalue weighted by Gasteiger charge is 2.53. The molecule has 1 saturated heterocycles. The molecule has 2 saturated carbocycles. The molecule has 2 aliphatic carbocycles. The van der Waals surface area contributed by atoms with Gasteiger partial charge in [0.05, 0.1) is 5.60 Å². The summed E-state index contributed by atoms with van der Waals surface area (Å²) in [6, 6.07) is 6.16. The molecular formula is C20H24F3NO3. The molecule has 7 heteroatoms. The molecule has 1 aliphatic heterocycles. The molecule has 1 amide bonds. The van der Waals surface area contributed by atoms with E-state index in [1.165, 1.54) is 12.1 Å². The van der Waals surface area contributed by atoms with Crippen molar-refractivity contribution in [2.45, 2.75) is 56.9 Å². The molecule has 1 atom stereocenters. The number of alkyl halides is 3. The monoisotopic (exact) mass is 383 g/mol. The molecule has 1 aromatic carbocycles. The van der Waals surface area contributed by atoms with E-state index in [1.807, 2.05) is 4.90 Å². The molecule has 0 aromatic heterocycles.